The number of carboxylic acid groups (broad SMARTS) is 1. The second-order valence-corrected chi connectivity index (χ2v) is 4.75. The highest BCUT2D eigenvalue weighted by Gasteiger charge is 2.09. The van der Waals surface area contributed by atoms with Crippen molar-refractivity contribution in [3.8, 4) is 0 Å². The molecule has 7 heteroatoms. The first-order chi connectivity index (χ1) is 9.74. The summed E-state index contributed by atoms with van der Waals surface area (Å²) in [5, 5.41) is 16.9. The van der Waals surface area contributed by atoms with Gasteiger partial charge >= 0.3 is 5.97 Å². The van der Waals surface area contributed by atoms with E-state index in [4.69, 9.17) is 9.52 Å². The lowest BCUT2D eigenvalue weighted by Crippen LogP contribution is -2.10. The van der Waals surface area contributed by atoms with Crippen LogP contribution < -0.4 is 10.8 Å². The van der Waals surface area contributed by atoms with Crippen LogP contribution in [0.1, 0.15) is 10.6 Å². The number of para-hydroxylation sites is 1. The van der Waals surface area contributed by atoms with Gasteiger partial charge in [-0.25, -0.2) is 9.78 Å². The fourth-order valence-corrected chi connectivity index (χ4v) is 2.17. The first-order valence-electron chi connectivity index (χ1n) is 5.69. The maximum Gasteiger partial charge on any atom is 0.371 e. The quantitative estimate of drug-likeness (QED) is 0.723. The van der Waals surface area contributed by atoms with Crippen molar-refractivity contribution >= 4 is 33.4 Å². The molecule has 0 spiro atoms. The zero-order chi connectivity index (χ0) is 13.9. The monoisotopic (exact) mass is 287 g/mol. The molecule has 0 atom stereocenters. The Labute approximate surface area is 117 Å². The van der Waals surface area contributed by atoms with E-state index in [1.807, 2.05) is 17.5 Å². The van der Waals surface area contributed by atoms with Gasteiger partial charge in [-0.3, -0.25) is 5.43 Å². The number of aromatic nitrogens is 1. The molecule has 0 aliphatic heterocycles. The van der Waals surface area contributed by atoms with Gasteiger partial charge in [-0.05, 0) is 12.1 Å². The highest BCUT2D eigenvalue weighted by molar-refractivity contribution is 7.13. The van der Waals surface area contributed by atoms with Crippen LogP contribution in [0.3, 0.4) is 0 Å². The molecular weight excluding hydrogens is 278 g/mol. The van der Waals surface area contributed by atoms with Crippen molar-refractivity contribution in [2.24, 2.45) is 5.10 Å². The Hall–Kier alpha value is -2.67. The summed E-state index contributed by atoms with van der Waals surface area (Å²) in [4.78, 5) is 15.1. The molecule has 3 aromatic rings. The number of aromatic carboxylic acids is 1. The largest absolute Gasteiger partial charge is 0.475 e. The molecule has 0 aliphatic carbocycles. The lowest BCUT2D eigenvalue weighted by molar-refractivity contribution is 0.0663. The van der Waals surface area contributed by atoms with Gasteiger partial charge in [0.15, 0.2) is 0 Å². The van der Waals surface area contributed by atoms with E-state index in [9.17, 15) is 4.79 Å². The highest BCUT2D eigenvalue weighted by Crippen LogP contribution is 2.13. The molecular formula is C13H9N3O3S. The van der Waals surface area contributed by atoms with Crippen LogP contribution in [0.2, 0.25) is 0 Å². The van der Waals surface area contributed by atoms with E-state index >= 15 is 0 Å². The normalized spacial score (nSPS) is 11.7. The lowest BCUT2D eigenvalue weighted by atomic mass is 10.2. The second-order valence-electron chi connectivity index (χ2n) is 3.86. The van der Waals surface area contributed by atoms with Crippen molar-refractivity contribution in [2.75, 3.05) is 5.43 Å². The topological polar surface area (TPSA) is 87.7 Å². The van der Waals surface area contributed by atoms with Crippen LogP contribution in [-0.2, 0) is 0 Å². The summed E-state index contributed by atoms with van der Waals surface area (Å²) in [6.07, 6.45) is 1.66. The van der Waals surface area contributed by atoms with E-state index in [0.717, 1.165) is 5.39 Å². The van der Waals surface area contributed by atoms with Crippen LogP contribution in [-0.4, -0.2) is 16.1 Å². The Morgan fingerprint density at radius 3 is 3.00 bits per heavy atom. The van der Waals surface area contributed by atoms with E-state index in [2.05, 4.69) is 15.5 Å². The number of carboxylic acids is 1. The Bertz CT molecular complexity index is 824. The maximum absolute atomic E-state index is 11.1. The number of fused-ring (bicyclic) bond motifs is 1. The minimum Gasteiger partial charge on any atom is -0.475 e. The summed E-state index contributed by atoms with van der Waals surface area (Å²) in [6.45, 7) is 0. The lowest BCUT2D eigenvalue weighted by Gasteiger charge is -2.01. The Morgan fingerprint density at radius 1 is 1.40 bits per heavy atom. The summed E-state index contributed by atoms with van der Waals surface area (Å²) in [5.41, 5.74) is 3.26. The summed E-state index contributed by atoms with van der Waals surface area (Å²) in [7, 11) is 0. The van der Waals surface area contributed by atoms with E-state index in [-0.39, 0.29) is 5.76 Å². The molecule has 1 aromatic carbocycles. The van der Waals surface area contributed by atoms with E-state index in [1.54, 1.807) is 18.3 Å². The van der Waals surface area contributed by atoms with Crippen molar-refractivity contribution in [1.82, 2.24) is 4.98 Å². The molecule has 0 saturated carbocycles. The fourth-order valence-electron chi connectivity index (χ4n) is 1.70. The first kappa shape index (κ1) is 12.4. The number of hydrogen-bond donors (Lipinski definition) is 2. The molecule has 20 heavy (non-hydrogen) atoms. The third-order valence-electron chi connectivity index (χ3n) is 2.57. The molecule has 100 valence electrons. The molecule has 0 saturated heterocycles. The number of benzene rings is 1. The molecule has 0 amide bonds. The van der Waals surface area contributed by atoms with E-state index in [0.29, 0.717) is 16.1 Å². The Kier molecular flexibility index (Phi) is 3.18. The molecule has 0 aliphatic rings. The van der Waals surface area contributed by atoms with Gasteiger partial charge in [0.2, 0.25) is 10.9 Å². The van der Waals surface area contributed by atoms with Gasteiger partial charge in [-0.15, -0.1) is 11.3 Å². The van der Waals surface area contributed by atoms with Gasteiger partial charge in [0.25, 0.3) is 0 Å². The Balaban J connectivity index is 2.16. The zero-order valence-corrected chi connectivity index (χ0v) is 10.9. The van der Waals surface area contributed by atoms with Crippen LogP contribution in [0.5, 0.6) is 0 Å². The third kappa shape index (κ3) is 2.39. The number of anilines is 1. The molecule has 2 N–H and O–H groups in total. The van der Waals surface area contributed by atoms with Crippen LogP contribution in [0, 0.1) is 0 Å². The predicted octanol–water partition coefficient (Wildman–Crippen LogP) is 2.52. The number of carbonyl (C=O) groups is 1. The SMILES string of the molecule is O=C(O)c1cc(=NNc2nccs2)c2ccccc2o1. The number of thiazole rings is 1. The number of rotatable bonds is 3. The molecule has 6 nitrogen and oxygen atoms in total. The van der Waals surface area contributed by atoms with Gasteiger partial charge in [-0.2, -0.15) is 5.10 Å². The van der Waals surface area contributed by atoms with Crippen LogP contribution >= 0.6 is 11.3 Å². The summed E-state index contributed by atoms with van der Waals surface area (Å²) in [6, 6.07) is 8.50. The molecule has 0 radical (unpaired) electrons. The van der Waals surface area contributed by atoms with E-state index in [1.165, 1.54) is 17.4 Å². The van der Waals surface area contributed by atoms with Crippen molar-refractivity contribution in [2.45, 2.75) is 0 Å². The minimum absolute atomic E-state index is 0.164. The zero-order valence-electron chi connectivity index (χ0n) is 10.1. The van der Waals surface area contributed by atoms with Crippen LogP contribution in [0.25, 0.3) is 11.0 Å². The summed E-state index contributed by atoms with van der Waals surface area (Å²) in [5.74, 6) is -1.30. The van der Waals surface area contributed by atoms with E-state index < -0.39 is 5.97 Å². The molecule has 0 bridgehead atoms. The Morgan fingerprint density at radius 2 is 2.25 bits per heavy atom. The highest BCUT2D eigenvalue weighted by atomic mass is 32.1. The number of nitrogens with one attached hydrogen (secondary N) is 1. The van der Waals surface area contributed by atoms with Gasteiger partial charge < -0.3 is 9.52 Å². The van der Waals surface area contributed by atoms with Crippen molar-refractivity contribution in [3.63, 3.8) is 0 Å². The van der Waals surface area contributed by atoms with Crippen molar-refractivity contribution < 1.29 is 14.3 Å². The summed E-state index contributed by atoms with van der Waals surface area (Å²) >= 11 is 1.40. The number of hydrogen-bond acceptors (Lipinski definition) is 6. The standard InChI is InChI=1S/C13H9N3O3S/c17-12(18)11-7-9(15-16-13-14-5-6-20-13)8-3-1-2-4-10(8)19-11/h1-7H,(H,14,16)(H,17,18). The van der Waals surface area contributed by atoms with Crippen molar-refractivity contribution in [3.05, 3.63) is 53.0 Å². The summed E-state index contributed by atoms with van der Waals surface area (Å²) < 4.78 is 5.30. The van der Waals surface area contributed by atoms with Gasteiger partial charge in [0, 0.05) is 23.0 Å². The fraction of sp³-hybridized carbons (Fsp3) is 0. The van der Waals surface area contributed by atoms with Crippen LogP contribution in [0.15, 0.2) is 51.4 Å². The molecule has 0 fully saturated rings. The minimum atomic E-state index is -1.14. The molecule has 0 unspecified atom stereocenters. The van der Waals surface area contributed by atoms with Crippen LogP contribution in [0.4, 0.5) is 5.13 Å². The second kappa shape index (κ2) is 5.14. The van der Waals surface area contributed by atoms with Gasteiger partial charge in [-0.1, -0.05) is 12.1 Å². The van der Waals surface area contributed by atoms with Gasteiger partial charge in [0.05, 0.1) is 5.36 Å². The van der Waals surface area contributed by atoms with Gasteiger partial charge in [0.1, 0.15) is 5.58 Å². The average Bonchev–Trinajstić information content (AvgIpc) is 2.97. The number of nitrogens with zero attached hydrogens (tertiary/aromatic N) is 2. The predicted molar refractivity (Wildman–Crippen MR) is 74.5 cm³/mol. The maximum atomic E-state index is 11.1. The molecule has 2 heterocycles. The third-order valence-corrected chi connectivity index (χ3v) is 3.24. The average molecular weight is 287 g/mol. The molecule has 2 aromatic heterocycles. The van der Waals surface area contributed by atoms with Crippen molar-refractivity contribution in [1.29, 1.82) is 0 Å². The smallest absolute Gasteiger partial charge is 0.371 e. The molecule has 3 rings (SSSR count). The first-order valence-corrected chi connectivity index (χ1v) is 6.57.